The van der Waals surface area contributed by atoms with Gasteiger partial charge in [-0.15, -0.1) is 21.5 Å². The van der Waals surface area contributed by atoms with E-state index in [1.807, 2.05) is 47.9 Å². The molecule has 202 valence electrons. The second-order valence-electron chi connectivity index (χ2n) is 8.44. The Bertz CT molecular complexity index is 1450. The number of benzene rings is 2. The van der Waals surface area contributed by atoms with E-state index in [-0.39, 0.29) is 33.7 Å². The molecule has 0 aliphatic heterocycles. The molecule has 9 nitrogen and oxygen atoms in total. The predicted molar refractivity (Wildman–Crippen MR) is 154 cm³/mol. The molecule has 2 heterocycles. The molecule has 0 spiro atoms. The fourth-order valence-corrected chi connectivity index (χ4v) is 5.86. The highest BCUT2D eigenvalue weighted by Crippen LogP contribution is 2.34. The number of anilines is 2. The molecule has 2 amide bonds. The van der Waals surface area contributed by atoms with E-state index in [2.05, 4.69) is 20.8 Å². The third kappa shape index (κ3) is 6.92. The first-order chi connectivity index (χ1) is 18.9. The van der Waals surface area contributed by atoms with Crippen LogP contribution in [0.3, 0.4) is 0 Å². The lowest BCUT2D eigenvalue weighted by atomic mass is 10.1. The van der Waals surface area contributed by atoms with Crippen LogP contribution in [-0.4, -0.2) is 44.9 Å². The number of carbonyl (C=O) groups is 3. The second kappa shape index (κ2) is 13.2. The lowest BCUT2D eigenvalue weighted by Crippen LogP contribution is -2.19. The van der Waals surface area contributed by atoms with Crippen LogP contribution < -0.4 is 10.6 Å². The second-order valence-corrected chi connectivity index (χ2v) is 10.4. The largest absolute Gasteiger partial charge is 0.462 e. The molecule has 39 heavy (non-hydrogen) atoms. The van der Waals surface area contributed by atoms with Gasteiger partial charge in [0.1, 0.15) is 15.7 Å². The number of thiophene rings is 1. The van der Waals surface area contributed by atoms with E-state index in [4.69, 9.17) is 4.74 Å². The Labute approximate surface area is 235 Å². The Morgan fingerprint density at radius 1 is 0.974 bits per heavy atom. The molecule has 0 bridgehead atoms. The molecule has 2 N–H and O–H groups in total. The number of carbonyl (C=O) groups excluding carboxylic acids is 3. The monoisotopic (exact) mass is 563 g/mol. The van der Waals surface area contributed by atoms with Crippen molar-refractivity contribution in [3.63, 3.8) is 0 Å². The number of esters is 1. The van der Waals surface area contributed by atoms with Crippen molar-refractivity contribution < 1.29 is 19.1 Å². The van der Waals surface area contributed by atoms with E-state index < -0.39 is 11.9 Å². The van der Waals surface area contributed by atoms with Gasteiger partial charge >= 0.3 is 5.97 Å². The van der Waals surface area contributed by atoms with Crippen molar-refractivity contribution in [3.05, 3.63) is 88.1 Å². The van der Waals surface area contributed by atoms with Gasteiger partial charge in [0.2, 0.25) is 5.91 Å². The average molecular weight is 564 g/mol. The number of aromatic nitrogens is 3. The molecular formula is C28H29N5O4S2. The highest BCUT2D eigenvalue weighted by Gasteiger charge is 2.27. The number of rotatable bonds is 11. The van der Waals surface area contributed by atoms with Gasteiger partial charge in [-0.05, 0) is 44.0 Å². The van der Waals surface area contributed by atoms with E-state index in [9.17, 15) is 14.4 Å². The fourth-order valence-electron chi connectivity index (χ4n) is 3.93. The maximum Gasteiger partial charge on any atom is 0.348 e. The van der Waals surface area contributed by atoms with Crippen molar-refractivity contribution in [2.24, 2.45) is 0 Å². The SMILES string of the molecule is CCOC(=O)c1sc(NC(=O)CSc2nnc(Cc3ccccc3)n2CC)c(C(=O)Nc2ccccc2)c1C. The minimum absolute atomic E-state index is 0.0505. The zero-order valence-electron chi connectivity index (χ0n) is 21.9. The summed E-state index contributed by atoms with van der Waals surface area (Å²) in [5.74, 6) is -0.426. The van der Waals surface area contributed by atoms with Crippen molar-refractivity contribution >= 4 is 51.6 Å². The molecule has 2 aromatic heterocycles. The highest BCUT2D eigenvalue weighted by atomic mass is 32.2. The maximum absolute atomic E-state index is 13.2. The molecule has 0 atom stereocenters. The van der Waals surface area contributed by atoms with Gasteiger partial charge < -0.3 is 19.9 Å². The smallest absolute Gasteiger partial charge is 0.348 e. The molecule has 4 aromatic rings. The van der Waals surface area contributed by atoms with Gasteiger partial charge in [0.05, 0.1) is 17.9 Å². The normalized spacial score (nSPS) is 10.7. The summed E-state index contributed by atoms with van der Waals surface area (Å²) in [5, 5.41) is 15.2. The molecule has 0 fully saturated rings. The van der Waals surface area contributed by atoms with Crippen LogP contribution in [0.15, 0.2) is 65.8 Å². The number of amides is 2. The molecule has 0 unspecified atom stereocenters. The van der Waals surface area contributed by atoms with Crippen LogP contribution in [0, 0.1) is 6.92 Å². The fraction of sp³-hybridized carbons (Fsp3) is 0.250. The summed E-state index contributed by atoms with van der Waals surface area (Å²) in [6.07, 6.45) is 0.638. The van der Waals surface area contributed by atoms with Crippen molar-refractivity contribution in [1.29, 1.82) is 0 Å². The Balaban J connectivity index is 1.50. The van der Waals surface area contributed by atoms with Gasteiger partial charge in [0, 0.05) is 18.7 Å². The predicted octanol–water partition coefficient (Wildman–Crippen LogP) is 5.42. The number of ether oxygens (including phenoxy) is 1. The zero-order valence-corrected chi connectivity index (χ0v) is 23.5. The maximum atomic E-state index is 13.2. The van der Waals surface area contributed by atoms with E-state index in [0.717, 1.165) is 22.7 Å². The summed E-state index contributed by atoms with van der Waals surface area (Å²) < 4.78 is 7.14. The van der Waals surface area contributed by atoms with E-state index in [1.54, 1.807) is 38.1 Å². The van der Waals surface area contributed by atoms with Crippen LogP contribution in [0.25, 0.3) is 0 Å². The molecule has 4 rings (SSSR count). The van der Waals surface area contributed by atoms with Crippen LogP contribution in [0.4, 0.5) is 10.7 Å². The van der Waals surface area contributed by atoms with Crippen LogP contribution in [-0.2, 0) is 22.5 Å². The third-order valence-electron chi connectivity index (χ3n) is 5.77. The number of para-hydroxylation sites is 1. The Kier molecular flexibility index (Phi) is 9.50. The van der Waals surface area contributed by atoms with Crippen LogP contribution >= 0.6 is 23.1 Å². The molecule has 0 saturated heterocycles. The summed E-state index contributed by atoms with van der Waals surface area (Å²) in [5.41, 5.74) is 2.41. The number of hydrogen-bond donors (Lipinski definition) is 2. The van der Waals surface area contributed by atoms with Crippen molar-refractivity contribution in [1.82, 2.24) is 14.8 Å². The van der Waals surface area contributed by atoms with Crippen LogP contribution in [0.2, 0.25) is 0 Å². The van der Waals surface area contributed by atoms with Crippen molar-refractivity contribution in [2.45, 2.75) is 38.9 Å². The standard InChI is InChI=1S/C28H29N5O4S2/c1-4-33-21(16-19-12-8-6-9-13-19)31-32-28(33)38-17-22(34)30-26-23(18(3)24(39-26)27(36)37-5-2)25(35)29-20-14-10-7-11-15-20/h6-15H,4-5,16-17H2,1-3H3,(H,29,35)(H,30,34). The van der Waals surface area contributed by atoms with Gasteiger partial charge in [0.25, 0.3) is 5.91 Å². The summed E-state index contributed by atoms with van der Waals surface area (Å²) in [6.45, 7) is 6.25. The molecule has 11 heteroatoms. The Morgan fingerprint density at radius 2 is 1.67 bits per heavy atom. The van der Waals surface area contributed by atoms with E-state index in [0.29, 0.717) is 29.4 Å². The quantitative estimate of drug-likeness (QED) is 0.185. The van der Waals surface area contributed by atoms with Gasteiger partial charge in [-0.25, -0.2) is 4.79 Å². The molecule has 0 aliphatic carbocycles. The first kappa shape index (κ1) is 28.1. The van der Waals surface area contributed by atoms with Gasteiger partial charge in [-0.1, -0.05) is 60.3 Å². The van der Waals surface area contributed by atoms with Gasteiger partial charge in [0.15, 0.2) is 5.16 Å². The molecule has 0 radical (unpaired) electrons. The summed E-state index contributed by atoms with van der Waals surface area (Å²) >= 11 is 2.29. The summed E-state index contributed by atoms with van der Waals surface area (Å²) in [7, 11) is 0. The number of nitrogens with zero attached hydrogens (tertiary/aromatic N) is 3. The number of thioether (sulfide) groups is 1. The minimum Gasteiger partial charge on any atom is -0.462 e. The lowest BCUT2D eigenvalue weighted by molar-refractivity contribution is -0.113. The number of nitrogens with one attached hydrogen (secondary N) is 2. The molecular weight excluding hydrogens is 534 g/mol. The van der Waals surface area contributed by atoms with Crippen LogP contribution in [0.5, 0.6) is 0 Å². The topological polar surface area (TPSA) is 115 Å². The van der Waals surface area contributed by atoms with Gasteiger partial charge in [-0.3, -0.25) is 9.59 Å². The summed E-state index contributed by atoms with van der Waals surface area (Å²) in [6, 6.07) is 19.0. The van der Waals surface area contributed by atoms with Crippen molar-refractivity contribution in [3.8, 4) is 0 Å². The molecule has 2 aromatic carbocycles. The van der Waals surface area contributed by atoms with Crippen LogP contribution in [0.1, 0.15) is 50.8 Å². The van der Waals surface area contributed by atoms with Gasteiger partial charge in [-0.2, -0.15) is 0 Å². The average Bonchev–Trinajstić information content (AvgIpc) is 3.48. The van der Waals surface area contributed by atoms with E-state index in [1.165, 1.54) is 11.8 Å². The Morgan fingerprint density at radius 3 is 2.33 bits per heavy atom. The van der Waals surface area contributed by atoms with Crippen molar-refractivity contribution in [2.75, 3.05) is 23.0 Å². The first-order valence-corrected chi connectivity index (χ1v) is 14.3. The third-order valence-corrected chi connectivity index (χ3v) is 7.92. The highest BCUT2D eigenvalue weighted by molar-refractivity contribution is 7.99. The molecule has 0 aliphatic rings. The molecule has 0 saturated carbocycles. The first-order valence-electron chi connectivity index (χ1n) is 12.5. The summed E-state index contributed by atoms with van der Waals surface area (Å²) in [4.78, 5) is 39.0. The lowest BCUT2D eigenvalue weighted by Gasteiger charge is -2.09. The minimum atomic E-state index is -0.536. The van der Waals surface area contributed by atoms with E-state index >= 15 is 0 Å². The number of hydrogen-bond acceptors (Lipinski definition) is 8. The zero-order chi connectivity index (χ0) is 27.8. The Hall–Kier alpha value is -3.96.